The molecule has 3 atom stereocenters. The van der Waals surface area contributed by atoms with E-state index >= 15 is 0 Å². The quantitative estimate of drug-likeness (QED) is 0.762. The highest BCUT2D eigenvalue weighted by Crippen LogP contribution is 2.44. The van der Waals surface area contributed by atoms with Gasteiger partial charge < -0.3 is 0 Å². The highest BCUT2D eigenvalue weighted by atomic mass is 32.2. The number of carbonyl (C=O) groups excluding carboxylic acids is 1. The molecule has 2 aromatic rings. The minimum atomic E-state index is -3.71. The molecule has 7 nitrogen and oxygen atoms in total. The Morgan fingerprint density at radius 3 is 2.77 bits per heavy atom. The predicted molar refractivity (Wildman–Crippen MR) is 98.6 cm³/mol. The summed E-state index contributed by atoms with van der Waals surface area (Å²) in [5.74, 6) is 0.740. The normalized spacial score (nSPS) is 24.7. The number of fused-ring (bicyclic) bond motifs is 2. The molecule has 4 rings (SSSR count). The van der Waals surface area contributed by atoms with Crippen molar-refractivity contribution < 1.29 is 13.2 Å². The summed E-state index contributed by atoms with van der Waals surface area (Å²) in [4.78, 5) is 12.3. The van der Waals surface area contributed by atoms with Gasteiger partial charge in [-0.25, -0.2) is 13.1 Å². The summed E-state index contributed by atoms with van der Waals surface area (Å²) in [6, 6.07) is 7.13. The minimum Gasteiger partial charge on any atom is -0.296 e. The van der Waals surface area contributed by atoms with Gasteiger partial charge in [0.1, 0.15) is 0 Å². The Morgan fingerprint density at radius 2 is 2.08 bits per heavy atom. The van der Waals surface area contributed by atoms with E-state index < -0.39 is 10.0 Å². The highest BCUT2D eigenvalue weighted by Gasteiger charge is 2.41. The van der Waals surface area contributed by atoms with E-state index in [1.165, 1.54) is 6.42 Å². The lowest BCUT2D eigenvalue weighted by Gasteiger charge is -2.21. The second-order valence-electron chi connectivity index (χ2n) is 7.10. The number of anilines is 1. The fourth-order valence-electron chi connectivity index (χ4n) is 3.96. The Balaban J connectivity index is 1.44. The summed E-state index contributed by atoms with van der Waals surface area (Å²) >= 11 is 0.866. The molecule has 9 heteroatoms. The van der Waals surface area contributed by atoms with Crippen LogP contribution in [0.2, 0.25) is 0 Å². The molecule has 2 aliphatic rings. The monoisotopic (exact) mass is 392 g/mol. The second-order valence-corrected chi connectivity index (χ2v) is 9.96. The van der Waals surface area contributed by atoms with E-state index in [-0.39, 0.29) is 21.4 Å². The molecule has 1 heterocycles. The average molecular weight is 393 g/mol. The largest absolute Gasteiger partial charge is 0.296 e. The van der Waals surface area contributed by atoms with Crippen molar-refractivity contribution >= 4 is 32.4 Å². The van der Waals surface area contributed by atoms with E-state index in [0.29, 0.717) is 17.4 Å². The fourth-order valence-corrected chi connectivity index (χ4v) is 6.19. The summed E-state index contributed by atoms with van der Waals surface area (Å²) < 4.78 is 27.8. The minimum absolute atomic E-state index is 0.00650. The van der Waals surface area contributed by atoms with Crippen molar-refractivity contribution in [3.05, 3.63) is 35.4 Å². The number of rotatable bonds is 5. The van der Waals surface area contributed by atoms with Crippen LogP contribution in [-0.4, -0.2) is 30.6 Å². The summed E-state index contributed by atoms with van der Waals surface area (Å²) in [5.41, 5.74) is 1.46. The van der Waals surface area contributed by atoms with Gasteiger partial charge in [-0.05, 0) is 50.2 Å². The Hall–Kier alpha value is -1.84. The molecule has 0 saturated heterocycles. The maximum Gasteiger partial charge on any atom is 0.270 e. The molecular formula is C17H20N4O3S2. The first kappa shape index (κ1) is 17.6. The Kier molecular flexibility index (Phi) is 4.54. The van der Waals surface area contributed by atoms with Crippen LogP contribution in [0.25, 0.3) is 0 Å². The molecule has 26 heavy (non-hydrogen) atoms. The van der Waals surface area contributed by atoms with E-state index in [9.17, 15) is 13.2 Å². The molecule has 0 aliphatic heterocycles. The third-order valence-electron chi connectivity index (χ3n) is 5.18. The lowest BCUT2D eigenvalue weighted by atomic mass is 9.96. The lowest BCUT2D eigenvalue weighted by Crippen LogP contribution is -2.38. The number of aryl methyl sites for hydroxylation is 1. The van der Waals surface area contributed by atoms with Gasteiger partial charge in [0.05, 0.1) is 0 Å². The van der Waals surface area contributed by atoms with Crippen molar-refractivity contribution in [1.29, 1.82) is 0 Å². The van der Waals surface area contributed by atoms with Crippen LogP contribution >= 0.6 is 11.3 Å². The third kappa shape index (κ3) is 3.51. The van der Waals surface area contributed by atoms with Crippen LogP contribution in [0, 0.1) is 18.8 Å². The summed E-state index contributed by atoms with van der Waals surface area (Å²) in [6.45, 7) is 1.90. The molecule has 2 bridgehead atoms. The highest BCUT2D eigenvalue weighted by molar-refractivity contribution is 7.91. The molecular weight excluding hydrogens is 372 g/mol. The van der Waals surface area contributed by atoms with Crippen LogP contribution in [0.3, 0.4) is 0 Å². The maximum absolute atomic E-state index is 12.6. The fraction of sp³-hybridized carbons (Fsp3) is 0.471. The van der Waals surface area contributed by atoms with Crippen LogP contribution in [0.1, 0.15) is 41.6 Å². The van der Waals surface area contributed by atoms with Gasteiger partial charge in [0.2, 0.25) is 9.47 Å². The van der Waals surface area contributed by atoms with Crippen molar-refractivity contribution in [2.45, 2.75) is 43.0 Å². The Labute approximate surface area is 156 Å². The molecule has 0 radical (unpaired) electrons. The van der Waals surface area contributed by atoms with Crippen LogP contribution < -0.4 is 10.0 Å². The zero-order chi connectivity index (χ0) is 18.3. The van der Waals surface area contributed by atoms with Crippen molar-refractivity contribution in [2.24, 2.45) is 11.8 Å². The van der Waals surface area contributed by atoms with Gasteiger partial charge in [0.25, 0.3) is 15.9 Å². The van der Waals surface area contributed by atoms with Crippen LogP contribution in [0.5, 0.6) is 0 Å². The molecule has 1 amide bonds. The predicted octanol–water partition coefficient (Wildman–Crippen LogP) is 2.57. The number of nitrogens with zero attached hydrogens (tertiary/aromatic N) is 2. The van der Waals surface area contributed by atoms with Crippen molar-refractivity contribution in [1.82, 2.24) is 14.9 Å². The first-order valence-electron chi connectivity index (χ1n) is 8.64. The number of hydrogen-bond acceptors (Lipinski definition) is 6. The van der Waals surface area contributed by atoms with Gasteiger partial charge in [-0.15, -0.1) is 10.2 Å². The van der Waals surface area contributed by atoms with Gasteiger partial charge in [0.15, 0.2) is 0 Å². The Morgan fingerprint density at radius 1 is 1.23 bits per heavy atom. The van der Waals surface area contributed by atoms with Crippen molar-refractivity contribution in [2.75, 3.05) is 5.32 Å². The summed E-state index contributed by atoms with van der Waals surface area (Å²) in [5, 5.41) is 10.4. The van der Waals surface area contributed by atoms with E-state index in [1.54, 1.807) is 18.2 Å². The molecule has 138 valence electrons. The number of nitrogens with one attached hydrogen (secondary N) is 2. The van der Waals surface area contributed by atoms with Gasteiger partial charge in [0, 0.05) is 11.6 Å². The molecule has 2 fully saturated rings. The zero-order valence-corrected chi connectivity index (χ0v) is 15.9. The topological polar surface area (TPSA) is 101 Å². The number of carbonyl (C=O) groups is 1. The van der Waals surface area contributed by atoms with E-state index in [4.69, 9.17) is 0 Å². The third-order valence-corrected chi connectivity index (χ3v) is 7.88. The standard InChI is InChI=1S/C17H20N4O3S2/c1-10-3-2-4-13(7-10)15(22)18-16-19-20-17(25-16)26(23,24)21-14-9-11-5-6-12(14)8-11/h2-4,7,11-12,14,21H,5-6,8-9H2,1H3,(H,18,19,22)/t11-,12+,14-/m0/s1. The molecule has 1 aromatic carbocycles. The maximum atomic E-state index is 12.6. The second kappa shape index (κ2) is 6.71. The van der Waals surface area contributed by atoms with Gasteiger partial charge in [-0.2, -0.15) is 0 Å². The molecule has 1 aromatic heterocycles. The zero-order valence-electron chi connectivity index (χ0n) is 14.3. The van der Waals surface area contributed by atoms with Crippen LogP contribution in [-0.2, 0) is 10.0 Å². The van der Waals surface area contributed by atoms with Crippen molar-refractivity contribution in [3.63, 3.8) is 0 Å². The SMILES string of the molecule is Cc1cccc(C(=O)Nc2nnc(S(=O)(=O)N[C@H]3C[C@H]4CC[C@@H]3C4)s2)c1. The van der Waals surface area contributed by atoms with Gasteiger partial charge in [-0.3, -0.25) is 10.1 Å². The number of hydrogen-bond donors (Lipinski definition) is 2. The average Bonchev–Trinajstić information content (AvgIpc) is 3.31. The number of amides is 1. The molecule has 2 aliphatic carbocycles. The molecule has 2 saturated carbocycles. The number of sulfonamides is 1. The van der Waals surface area contributed by atoms with E-state index in [0.717, 1.165) is 36.2 Å². The van der Waals surface area contributed by atoms with E-state index in [2.05, 4.69) is 20.2 Å². The van der Waals surface area contributed by atoms with Crippen LogP contribution in [0.15, 0.2) is 28.6 Å². The number of benzene rings is 1. The van der Waals surface area contributed by atoms with Gasteiger partial charge in [-0.1, -0.05) is 35.5 Å². The molecule has 2 N–H and O–H groups in total. The van der Waals surface area contributed by atoms with Crippen LogP contribution in [0.4, 0.5) is 5.13 Å². The molecule has 0 unspecified atom stereocenters. The van der Waals surface area contributed by atoms with Crippen molar-refractivity contribution in [3.8, 4) is 0 Å². The lowest BCUT2D eigenvalue weighted by molar-refractivity contribution is 0.102. The Bertz CT molecular complexity index is 941. The summed E-state index contributed by atoms with van der Waals surface area (Å²) in [6.07, 6.45) is 4.31. The summed E-state index contributed by atoms with van der Waals surface area (Å²) in [7, 11) is -3.71. The molecule has 0 spiro atoms. The number of aromatic nitrogens is 2. The first-order valence-corrected chi connectivity index (χ1v) is 10.9. The van der Waals surface area contributed by atoms with E-state index in [1.807, 2.05) is 13.0 Å². The smallest absolute Gasteiger partial charge is 0.270 e. The first-order chi connectivity index (χ1) is 12.4. The van der Waals surface area contributed by atoms with Gasteiger partial charge >= 0.3 is 0 Å².